The van der Waals surface area contributed by atoms with Crippen molar-refractivity contribution >= 4 is 43.6 Å². The van der Waals surface area contributed by atoms with Crippen LogP contribution >= 0.6 is 0 Å². The second-order valence-corrected chi connectivity index (χ2v) is 7.61. The van der Waals surface area contributed by atoms with E-state index in [4.69, 9.17) is 0 Å². The molecule has 3 aromatic carbocycles. The number of pyridine rings is 2. The first-order valence-corrected chi connectivity index (χ1v) is 9.73. The van der Waals surface area contributed by atoms with Gasteiger partial charge in [-0.05, 0) is 48.4 Å². The Morgan fingerprint density at radius 3 is 2.28 bits per heavy atom. The van der Waals surface area contributed by atoms with Gasteiger partial charge in [0.25, 0.3) is 0 Å². The molecule has 0 aliphatic rings. The van der Waals surface area contributed by atoms with E-state index in [9.17, 15) is 9.59 Å². The van der Waals surface area contributed by atoms with Crippen molar-refractivity contribution in [1.82, 2.24) is 9.66 Å². The zero-order valence-electron chi connectivity index (χ0n) is 16.6. The molecule has 144 valence electrons. The zero-order valence-corrected chi connectivity index (χ0v) is 16.6. The number of fused-ring (bicyclic) bond motifs is 4. The van der Waals surface area contributed by atoms with Crippen LogP contribution in [-0.4, -0.2) is 23.8 Å². The Labute approximate surface area is 166 Å². The van der Waals surface area contributed by atoms with E-state index in [0.29, 0.717) is 27.1 Å². The van der Waals surface area contributed by atoms with Gasteiger partial charge in [0.1, 0.15) is 0 Å². The first-order chi connectivity index (χ1) is 14.0. The highest BCUT2D eigenvalue weighted by molar-refractivity contribution is 6.03. The number of aryl methyl sites for hydroxylation is 1. The van der Waals surface area contributed by atoms with Crippen LogP contribution < -0.4 is 15.9 Å². The largest absolute Gasteiger partial charge is 0.354 e. The molecule has 5 rings (SSSR count). The van der Waals surface area contributed by atoms with Crippen molar-refractivity contribution in [3.63, 3.8) is 0 Å². The first-order valence-electron chi connectivity index (χ1n) is 9.73. The van der Waals surface area contributed by atoms with Crippen molar-refractivity contribution in [2.75, 3.05) is 19.1 Å². The summed E-state index contributed by atoms with van der Waals surface area (Å²) in [6, 6.07) is 17.1. The Hall–Kier alpha value is -3.60. The molecule has 1 N–H and O–H groups in total. The molecule has 0 bridgehead atoms. The minimum Gasteiger partial charge on any atom is -0.354 e. The third kappa shape index (κ3) is 2.47. The maximum absolute atomic E-state index is 13.3. The van der Waals surface area contributed by atoms with Gasteiger partial charge < -0.3 is 9.99 Å². The van der Waals surface area contributed by atoms with E-state index in [1.807, 2.05) is 78.4 Å². The lowest BCUT2D eigenvalue weighted by atomic mass is 10.0. The summed E-state index contributed by atoms with van der Waals surface area (Å²) < 4.78 is 1.98. The van der Waals surface area contributed by atoms with Crippen molar-refractivity contribution in [3.05, 3.63) is 80.6 Å². The average Bonchev–Trinajstić information content (AvgIpc) is 2.73. The normalized spacial score (nSPS) is 11.7. The summed E-state index contributed by atoms with van der Waals surface area (Å²) in [5.74, 6) is 0. The number of benzene rings is 3. The van der Waals surface area contributed by atoms with Gasteiger partial charge in [-0.2, -0.15) is 0 Å². The van der Waals surface area contributed by atoms with Crippen LogP contribution in [0.25, 0.3) is 43.6 Å². The van der Waals surface area contributed by atoms with Gasteiger partial charge in [0.2, 0.25) is 0 Å². The number of nitrogens with one attached hydrogen (secondary N) is 1. The number of aromatic nitrogens is 2. The molecule has 0 radical (unpaired) electrons. The Bertz CT molecular complexity index is 1560. The van der Waals surface area contributed by atoms with E-state index in [1.54, 1.807) is 0 Å². The molecule has 0 atom stereocenters. The summed E-state index contributed by atoms with van der Waals surface area (Å²) >= 11 is 0. The third-order valence-electron chi connectivity index (χ3n) is 5.64. The average molecular weight is 383 g/mol. The highest BCUT2D eigenvalue weighted by atomic mass is 16.1. The lowest BCUT2D eigenvalue weighted by molar-refractivity contribution is 0.783. The standard InChI is InChI=1S/C24H21N3O2/c1-4-14-9-10-19-16(11-14)24(29)17-13-22-18(12-20(17)25-19)23(28)15-7-5-6-8-21(15)27(22)26(2)3/h5-13H,4H2,1-3H3,(H,25,29). The molecule has 0 aliphatic heterocycles. The quantitative estimate of drug-likeness (QED) is 0.470. The first kappa shape index (κ1) is 17.5. The lowest BCUT2D eigenvalue weighted by Crippen LogP contribution is -2.28. The lowest BCUT2D eigenvalue weighted by Gasteiger charge is -2.22. The van der Waals surface area contributed by atoms with Crippen molar-refractivity contribution in [2.24, 2.45) is 0 Å². The number of hydrogen-bond donors (Lipinski definition) is 1. The van der Waals surface area contributed by atoms with Gasteiger partial charge in [-0.25, -0.2) is 0 Å². The fourth-order valence-corrected chi connectivity index (χ4v) is 4.19. The minimum atomic E-state index is -0.0297. The van der Waals surface area contributed by atoms with Gasteiger partial charge in [0, 0.05) is 35.8 Å². The Morgan fingerprint density at radius 1 is 0.793 bits per heavy atom. The molecule has 0 spiro atoms. The predicted octanol–water partition coefficient (Wildman–Crippen LogP) is 3.91. The predicted molar refractivity (Wildman–Crippen MR) is 121 cm³/mol. The Kier molecular flexibility index (Phi) is 3.74. The molecule has 0 saturated heterocycles. The molecule has 0 aliphatic carbocycles. The number of H-pyrrole nitrogens is 1. The molecule has 0 amide bonds. The molecular formula is C24H21N3O2. The zero-order chi connectivity index (χ0) is 20.3. The van der Waals surface area contributed by atoms with Crippen molar-refractivity contribution in [3.8, 4) is 0 Å². The molecule has 0 saturated carbocycles. The van der Waals surface area contributed by atoms with E-state index in [2.05, 4.69) is 11.9 Å². The topological polar surface area (TPSA) is 58.1 Å². The fraction of sp³-hybridized carbons (Fsp3) is 0.167. The Balaban J connectivity index is 2.03. The molecule has 5 nitrogen and oxygen atoms in total. The number of aromatic amines is 1. The molecule has 2 aromatic heterocycles. The molecule has 0 fully saturated rings. The van der Waals surface area contributed by atoms with Crippen molar-refractivity contribution in [1.29, 1.82) is 0 Å². The molecule has 0 unspecified atom stereocenters. The second kappa shape index (κ2) is 6.21. The van der Waals surface area contributed by atoms with Gasteiger partial charge in [-0.15, -0.1) is 0 Å². The third-order valence-corrected chi connectivity index (χ3v) is 5.64. The Morgan fingerprint density at radius 2 is 1.52 bits per heavy atom. The second-order valence-electron chi connectivity index (χ2n) is 7.61. The monoisotopic (exact) mass is 383 g/mol. The fourth-order valence-electron chi connectivity index (χ4n) is 4.19. The van der Waals surface area contributed by atoms with Crippen molar-refractivity contribution < 1.29 is 0 Å². The van der Waals surface area contributed by atoms with Crippen LogP contribution in [0.3, 0.4) is 0 Å². The van der Waals surface area contributed by atoms with E-state index in [-0.39, 0.29) is 10.9 Å². The summed E-state index contributed by atoms with van der Waals surface area (Å²) in [5, 5.41) is 4.44. The highest BCUT2D eigenvalue weighted by Gasteiger charge is 2.15. The summed E-state index contributed by atoms with van der Waals surface area (Å²) in [6.45, 7) is 2.07. The maximum Gasteiger partial charge on any atom is 0.197 e. The van der Waals surface area contributed by atoms with Crippen LogP contribution in [0.5, 0.6) is 0 Å². The van der Waals surface area contributed by atoms with Crippen molar-refractivity contribution in [2.45, 2.75) is 13.3 Å². The molecule has 5 aromatic rings. The smallest absolute Gasteiger partial charge is 0.197 e. The van der Waals surface area contributed by atoms with Gasteiger partial charge in [0.15, 0.2) is 10.9 Å². The molecule has 5 heteroatoms. The van der Waals surface area contributed by atoms with Gasteiger partial charge in [-0.3, -0.25) is 14.3 Å². The van der Waals surface area contributed by atoms with Gasteiger partial charge in [0.05, 0.1) is 21.9 Å². The number of para-hydroxylation sites is 1. The highest BCUT2D eigenvalue weighted by Crippen LogP contribution is 2.24. The molecular weight excluding hydrogens is 362 g/mol. The summed E-state index contributed by atoms with van der Waals surface area (Å²) in [6.07, 6.45) is 0.872. The summed E-state index contributed by atoms with van der Waals surface area (Å²) in [5.41, 5.74) is 4.08. The van der Waals surface area contributed by atoms with Gasteiger partial charge in [-0.1, -0.05) is 25.1 Å². The van der Waals surface area contributed by atoms with Crippen LogP contribution in [0.2, 0.25) is 0 Å². The summed E-state index contributed by atoms with van der Waals surface area (Å²) in [4.78, 5) is 29.9. The van der Waals surface area contributed by atoms with E-state index < -0.39 is 0 Å². The van der Waals surface area contributed by atoms with Crippen LogP contribution in [0, 0.1) is 0 Å². The van der Waals surface area contributed by atoms with E-state index in [0.717, 1.165) is 28.5 Å². The van der Waals surface area contributed by atoms with Gasteiger partial charge >= 0.3 is 0 Å². The number of hydrogen-bond acceptors (Lipinski definition) is 3. The molecule has 2 heterocycles. The SMILES string of the molecule is CCc1ccc2[nH]c3cc4c(=O)c5ccccc5n(N(C)C)c4cc3c(=O)c2c1. The van der Waals surface area contributed by atoms with Crippen LogP contribution in [0.4, 0.5) is 0 Å². The van der Waals surface area contributed by atoms with E-state index >= 15 is 0 Å². The van der Waals surface area contributed by atoms with Crippen LogP contribution in [0.15, 0.2) is 64.2 Å². The van der Waals surface area contributed by atoms with Crippen LogP contribution in [-0.2, 0) is 6.42 Å². The number of rotatable bonds is 2. The summed E-state index contributed by atoms with van der Waals surface area (Å²) in [7, 11) is 3.86. The number of nitrogens with zero attached hydrogens (tertiary/aromatic N) is 2. The van der Waals surface area contributed by atoms with E-state index in [1.165, 1.54) is 0 Å². The maximum atomic E-state index is 13.3. The van der Waals surface area contributed by atoms with Crippen LogP contribution in [0.1, 0.15) is 12.5 Å². The molecule has 29 heavy (non-hydrogen) atoms. The minimum absolute atomic E-state index is 0.0168.